The number of amides is 2. The fraction of sp³-hybridized carbons (Fsp3) is 0.188. The van der Waals surface area contributed by atoms with Crippen LogP contribution >= 0.6 is 0 Å². The molecule has 2 aromatic rings. The van der Waals surface area contributed by atoms with Crippen molar-refractivity contribution in [2.24, 2.45) is 0 Å². The number of carbonyl (C=O) groups excluding carboxylic acids is 3. The van der Waals surface area contributed by atoms with E-state index in [0.717, 1.165) is 0 Å². The second-order valence-electron chi connectivity index (χ2n) is 5.15. The van der Waals surface area contributed by atoms with Gasteiger partial charge in [0.15, 0.2) is 12.4 Å². The number of nitrogens with zero attached hydrogens (tertiary/aromatic N) is 1. The first kappa shape index (κ1) is 18.6. The van der Waals surface area contributed by atoms with E-state index in [1.807, 2.05) is 0 Å². The average Bonchev–Trinajstić information content (AvgIpc) is 3.14. The molecule has 0 fully saturated rings. The highest BCUT2D eigenvalue weighted by molar-refractivity contribution is 5.96. The van der Waals surface area contributed by atoms with Crippen LogP contribution in [0.4, 0.5) is 11.4 Å². The molecule has 0 aliphatic rings. The molecule has 1 heterocycles. The molecule has 26 heavy (non-hydrogen) atoms. The Labute approximate surface area is 147 Å². The van der Waals surface area contributed by atoms with Gasteiger partial charge in [0.05, 0.1) is 11.2 Å². The number of nitrogens with one attached hydrogen (secondary N) is 2. The van der Waals surface area contributed by atoms with Crippen LogP contribution in [0.1, 0.15) is 16.1 Å². The Kier molecular flexibility index (Phi) is 6.04. The highest BCUT2D eigenvalue weighted by atomic mass is 16.6. The molecule has 0 saturated carbocycles. The van der Waals surface area contributed by atoms with Crippen LogP contribution in [-0.4, -0.2) is 35.9 Å². The summed E-state index contributed by atoms with van der Waals surface area (Å²) in [4.78, 5) is 45.3. The molecule has 0 unspecified atom stereocenters. The predicted molar refractivity (Wildman–Crippen MR) is 88.5 cm³/mol. The topological polar surface area (TPSA) is 141 Å². The number of benzene rings is 1. The smallest absolute Gasteiger partial charge is 0.325 e. The van der Waals surface area contributed by atoms with Crippen LogP contribution in [0, 0.1) is 17.0 Å². The molecule has 1 aromatic carbocycles. The summed E-state index contributed by atoms with van der Waals surface area (Å²) in [7, 11) is 0. The normalized spacial score (nSPS) is 10.0. The number of hydrogen-bond donors (Lipinski definition) is 2. The fourth-order valence-electron chi connectivity index (χ4n) is 1.93. The van der Waals surface area contributed by atoms with Crippen LogP contribution in [0.3, 0.4) is 0 Å². The number of anilines is 1. The molecule has 0 saturated heterocycles. The summed E-state index contributed by atoms with van der Waals surface area (Å²) >= 11 is 0. The van der Waals surface area contributed by atoms with E-state index in [9.17, 15) is 24.5 Å². The molecule has 0 atom stereocenters. The molecule has 0 spiro atoms. The Balaban J connectivity index is 1.80. The number of nitro benzene ring substituents is 1. The SMILES string of the molecule is Cc1ccc(NC(=O)COC(=O)CNC(=O)c2ccco2)c([N+](=O)[O-])c1. The van der Waals surface area contributed by atoms with Crippen molar-refractivity contribution in [1.29, 1.82) is 0 Å². The molecule has 10 heteroatoms. The minimum atomic E-state index is -0.849. The Bertz CT molecular complexity index is 830. The summed E-state index contributed by atoms with van der Waals surface area (Å²) in [5.41, 5.74) is 0.386. The molecule has 10 nitrogen and oxygen atoms in total. The van der Waals surface area contributed by atoms with Crippen LogP contribution in [0.25, 0.3) is 0 Å². The van der Waals surface area contributed by atoms with Crippen LogP contribution in [0.15, 0.2) is 41.0 Å². The van der Waals surface area contributed by atoms with Crippen molar-refractivity contribution in [2.45, 2.75) is 6.92 Å². The zero-order chi connectivity index (χ0) is 19.1. The van der Waals surface area contributed by atoms with E-state index >= 15 is 0 Å². The Hall–Kier alpha value is -3.69. The van der Waals surface area contributed by atoms with Crippen molar-refractivity contribution in [3.05, 3.63) is 58.0 Å². The third-order valence-corrected chi connectivity index (χ3v) is 3.13. The second kappa shape index (κ2) is 8.42. The quantitative estimate of drug-likeness (QED) is 0.431. The van der Waals surface area contributed by atoms with Gasteiger partial charge in [-0.1, -0.05) is 6.07 Å². The maximum atomic E-state index is 11.8. The van der Waals surface area contributed by atoms with E-state index in [2.05, 4.69) is 10.6 Å². The van der Waals surface area contributed by atoms with Gasteiger partial charge in [0.25, 0.3) is 17.5 Å². The molecule has 2 N–H and O–H groups in total. The highest BCUT2D eigenvalue weighted by Crippen LogP contribution is 2.25. The van der Waals surface area contributed by atoms with Crippen molar-refractivity contribution < 1.29 is 28.5 Å². The van der Waals surface area contributed by atoms with Gasteiger partial charge in [0, 0.05) is 6.07 Å². The summed E-state index contributed by atoms with van der Waals surface area (Å²) in [6, 6.07) is 7.23. The summed E-state index contributed by atoms with van der Waals surface area (Å²) in [5, 5.41) is 15.6. The fourth-order valence-corrected chi connectivity index (χ4v) is 1.93. The molecule has 0 aliphatic heterocycles. The molecular formula is C16H15N3O7. The molecule has 0 bridgehead atoms. The van der Waals surface area contributed by atoms with Crippen molar-refractivity contribution >= 4 is 29.2 Å². The number of esters is 1. The minimum absolute atomic E-state index is 0.00669. The van der Waals surface area contributed by atoms with Crippen LogP contribution in [0.2, 0.25) is 0 Å². The Morgan fingerprint density at radius 3 is 2.69 bits per heavy atom. The zero-order valence-corrected chi connectivity index (χ0v) is 13.7. The van der Waals surface area contributed by atoms with Gasteiger partial charge < -0.3 is 19.8 Å². The Morgan fingerprint density at radius 1 is 1.27 bits per heavy atom. The summed E-state index contributed by atoms with van der Waals surface area (Å²) in [5.74, 6) is -2.17. The number of ether oxygens (including phenoxy) is 1. The monoisotopic (exact) mass is 361 g/mol. The summed E-state index contributed by atoms with van der Waals surface area (Å²) in [6.45, 7) is 0.565. The average molecular weight is 361 g/mol. The van der Waals surface area contributed by atoms with Gasteiger partial charge in [0.2, 0.25) is 0 Å². The van der Waals surface area contributed by atoms with Crippen molar-refractivity contribution in [2.75, 3.05) is 18.5 Å². The maximum Gasteiger partial charge on any atom is 0.325 e. The first-order chi connectivity index (χ1) is 12.4. The lowest BCUT2D eigenvalue weighted by atomic mass is 10.2. The van der Waals surface area contributed by atoms with Crippen LogP contribution in [0.5, 0.6) is 0 Å². The second-order valence-corrected chi connectivity index (χ2v) is 5.15. The highest BCUT2D eigenvalue weighted by Gasteiger charge is 2.17. The minimum Gasteiger partial charge on any atom is -0.459 e. The van der Waals surface area contributed by atoms with E-state index in [0.29, 0.717) is 5.56 Å². The lowest BCUT2D eigenvalue weighted by molar-refractivity contribution is -0.384. The van der Waals surface area contributed by atoms with Crippen molar-refractivity contribution in [3.8, 4) is 0 Å². The molecule has 2 amide bonds. The van der Waals surface area contributed by atoms with Gasteiger partial charge in [0.1, 0.15) is 12.2 Å². The lowest BCUT2D eigenvalue weighted by Crippen LogP contribution is -2.32. The zero-order valence-electron chi connectivity index (χ0n) is 13.7. The maximum absolute atomic E-state index is 11.8. The van der Waals surface area contributed by atoms with E-state index in [1.54, 1.807) is 13.0 Å². The lowest BCUT2D eigenvalue weighted by Gasteiger charge is -2.08. The van der Waals surface area contributed by atoms with Crippen LogP contribution < -0.4 is 10.6 Å². The molecular weight excluding hydrogens is 346 g/mol. The number of furan rings is 1. The van der Waals surface area contributed by atoms with Gasteiger partial charge in [-0.15, -0.1) is 0 Å². The van der Waals surface area contributed by atoms with Gasteiger partial charge >= 0.3 is 5.97 Å². The van der Waals surface area contributed by atoms with Gasteiger partial charge in [-0.25, -0.2) is 0 Å². The molecule has 136 valence electrons. The third kappa shape index (κ3) is 5.16. The number of carbonyl (C=O) groups is 3. The summed E-state index contributed by atoms with van der Waals surface area (Å²) in [6.07, 6.45) is 1.31. The van der Waals surface area contributed by atoms with E-state index < -0.39 is 35.9 Å². The number of rotatable bonds is 7. The van der Waals surface area contributed by atoms with Crippen molar-refractivity contribution in [3.63, 3.8) is 0 Å². The number of aryl methyl sites for hydroxylation is 1. The van der Waals surface area contributed by atoms with E-state index in [1.165, 1.54) is 30.5 Å². The Morgan fingerprint density at radius 2 is 2.04 bits per heavy atom. The molecule has 1 aromatic heterocycles. The standard InChI is InChI=1S/C16H15N3O7/c1-10-4-5-11(12(7-10)19(23)24)18-14(20)9-26-15(21)8-17-16(22)13-3-2-6-25-13/h2-7H,8-9H2,1H3,(H,17,22)(H,18,20). The third-order valence-electron chi connectivity index (χ3n) is 3.13. The molecule has 2 rings (SSSR count). The first-order valence-corrected chi connectivity index (χ1v) is 7.39. The molecule has 0 radical (unpaired) electrons. The van der Waals surface area contributed by atoms with Gasteiger partial charge in [-0.3, -0.25) is 24.5 Å². The number of hydrogen-bond acceptors (Lipinski definition) is 7. The van der Waals surface area contributed by atoms with Crippen LogP contribution in [-0.2, 0) is 14.3 Å². The van der Waals surface area contributed by atoms with E-state index in [4.69, 9.17) is 9.15 Å². The summed E-state index contributed by atoms with van der Waals surface area (Å²) < 4.78 is 9.55. The first-order valence-electron chi connectivity index (χ1n) is 7.39. The van der Waals surface area contributed by atoms with Gasteiger partial charge in [-0.2, -0.15) is 0 Å². The largest absolute Gasteiger partial charge is 0.459 e. The number of nitro groups is 1. The van der Waals surface area contributed by atoms with Crippen molar-refractivity contribution in [1.82, 2.24) is 5.32 Å². The van der Waals surface area contributed by atoms with E-state index in [-0.39, 0.29) is 17.1 Å². The van der Waals surface area contributed by atoms with Gasteiger partial charge in [-0.05, 0) is 30.7 Å². The predicted octanol–water partition coefficient (Wildman–Crippen LogP) is 1.41. The molecule has 0 aliphatic carbocycles.